The summed E-state index contributed by atoms with van der Waals surface area (Å²) in [5.74, 6) is 3.69. The molecule has 1 N–H and O–H groups in total. The van der Waals surface area contributed by atoms with Crippen LogP contribution in [0.3, 0.4) is 0 Å². The summed E-state index contributed by atoms with van der Waals surface area (Å²) in [6, 6.07) is 0. The molecule has 0 aromatic heterocycles. The van der Waals surface area contributed by atoms with Gasteiger partial charge in [-0.2, -0.15) is 0 Å². The molecule has 0 aliphatic heterocycles. The van der Waals surface area contributed by atoms with Gasteiger partial charge in [-0.05, 0) is 49.6 Å². The molecule has 0 amide bonds. The lowest BCUT2D eigenvalue weighted by Crippen LogP contribution is -2.31. The second-order valence-corrected chi connectivity index (χ2v) is 7.13. The van der Waals surface area contributed by atoms with Gasteiger partial charge in [-0.3, -0.25) is 0 Å². The fourth-order valence-corrected chi connectivity index (χ4v) is 3.65. The molecule has 1 nitrogen and oxygen atoms in total. The third kappa shape index (κ3) is 6.79. The molecule has 19 heavy (non-hydrogen) atoms. The van der Waals surface area contributed by atoms with Crippen LogP contribution >= 0.6 is 0 Å². The van der Waals surface area contributed by atoms with Crippen molar-refractivity contribution in [2.24, 2.45) is 23.7 Å². The third-order valence-corrected chi connectivity index (χ3v) is 5.07. The lowest BCUT2D eigenvalue weighted by Gasteiger charge is -2.29. The van der Waals surface area contributed by atoms with E-state index in [1.54, 1.807) is 0 Å². The van der Waals surface area contributed by atoms with Crippen LogP contribution in [-0.2, 0) is 0 Å². The van der Waals surface area contributed by atoms with Crippen molar-refractivity contribution in [3.63, 3.8) is 0 Å². The molecule has 2 unspecified atom stereocenters. The molecule has 0 bridgehead atoms. The topological polar surface area (TPSA) is 12.0 Å². The van der Waals surface area contributed by atoms with Crippen molar-refractivity contribution in [2.45, 2.75) is 79.1 Å². The minimum Gasteiger partial charge on any atom is -0.316 e. The Labute approximate surface area is 121 Å². The molecule has 1 fully saturated rings. The first kappa shape index (κ1) is 17.0. The van der Waals surface area contributed by atoms with E-state index >= 15 is 0 Å². The van der Waals surface area contributed by atoms with E-state index in [-0.39, 0.29) is 0 Å². The van der Waals surface area contributed by atoms with E-state index in [1.807, 2.05) is 0 Å². The summed E-state index contributed by atoms with van der Waals surface area (Å²) in [6.07, 6.45) is 11.6. The zero-order chi connectivity index (χ0) is 14.1. The summed E-state index contributed by atoms with van der Waals surface area (Å²) in [7, 11) is 0. The molecule has 0 spiro atoms. The summed E-state index contributed by atoms with van der Waals surface area (Å²) in [4.78, 5) is 0. The van der Waals surface area contributed by atoms with E-state index < -0.39 is 0 Å². The number of nitrogens with one attached hydrogen (secondary N) is 1. The zero-order valence-corrected chi connectivity index (χ0v) is 13.9. The molecule has 0 radical (unpaired) electrons. The van der Waals surface area contributed by atoms with Crippen LogP contribution in [-0.4, -0.2) is 13.1 Å². The summed E-state index contributed by atoms with van der Waals surface area (Å²) in [5.41, 5.74) is 0. The predicted molar refractivity (Wildman–Crippen MR) is 86.5 cm³/mol. The highest BCUT2D eigenvalue weighted by atomic mass is 14.9. The smallest absolute Gasteiger partial charge is 0.00178 e. The van der Waals surface area contributed by atoms with Gasteiger partial charge < -0.3 is 5.32 Å². The lowest BCUT2D eigenvalue weighted by atomic mass is 9.79. The molecule has 0 aromatic rings. The van der Waals surface area contributed by atoms with E-state index in [9.17, 15) is 0 Å². The van der Waals surface area contributed by atoms with Crippen LogP contribution in [0.25, 0.3) is 0 Å². The van der Waals surface area contributed by atoms with Gasteiger partial charge in [-0.1, -0.05) is 66.2 Å². The van der Waals surface area contributed by atoms with Crippen LogP contribution < -0.4 is 5.32 Å². The summed E-state index contributed by atoms with van der Waals surface area (Å²) >= 11 is 0. The van der Waals surface area contributed by atoms with Crippen LogP contribution in [0.2, 0.25) is 0 Å². The fourth-order valence-electron chi connectivity index (χ4n) is 3.65. The van der Waals surface area contributed by atoms with E-state index in [0.29, 0.717) is 0 Å². The van der Waals surface area contributed by atoms with Gasteiger partial charge in [0.15, 0.2) is 0 Å². The van der Waals surface area contributed by atoms with Gasteiger partial charge in [0.1, 0.15) is 0 Å². The summed E-state index contributed by atoms with van der Waals surface area (Å²) in [6.45, 7) is 11.8. The number of rotatable bonds is 8. The first-order valence-corrected chi connectivity index (χ1v) is 8.88. The van der Waals surface area contributed by atoms with Crippen molar-refractivity contribution in [2.75, 3.05) is 13.1 Å². The van der Waals surface area contributed by atoms with Crippen molar-refractivity contribution in [3.05, 3.63) is 0 Å². The molecule has 1 saturated carbocycles. The predicted octanol–water partition coefficient (Wildman–Crippen LogP) is 5.25. The molecule has 1 heteroatoms. The molecule has 114 valence electrons. The van der Waals surface area contributed by atoms with Crippen molar-refractivity contribution < 1.29 is 0 Å². The molecule has 1 aliphatic rings. The molecule has 1 aliphatic carbocycles. The van der Waals surface area contributed by atoms with Gasteiger partial charge in [0.2, 0.25) is 0 Å². The average molecular weight is 268 g/mol. The number of hydrogen-bond acceptors (Lipinski definition) is 1. The first-order chi connectivity index (χ1) is 9.17. The monoisotopic (exact) mass is 267 g/mol. The Kier molecular flexibility index (Phi) is 8.77. The van der Waals surface area contributed by atoms with Crippen molar-refractivity contribution in [1.29, 1.82) is 0 Å². The Balaban J connectivity index is 2.45. The molecule has 0 saturated heterocycles. The average Bonchev–Trinajstić information content (AvgIpc) is 2.61. The minimum atomic E-state index is 0.781. The summed E-state index contributed by atoms with van der Waals surface area (Å²) in [5, 5.41) is 3.72. The quantitative estimate of drug-likeness (QED) is 0.592. The first-order valence-electron chi connectivity index (χ1n) is 8.88. The van der Waals surface area contributed by atoms with E-state index in [4.69, 9.17) is 0 Å². The maximum atomic E-state index is 3.72. The Hall–Kier alpha value is -0.0400. The highest BCUT2D eigenvalue weighted by Gasteiger charge is 2.25. The normalized spacial score (nSPS) is 24.9. The zero-order valence-electron chi connectivity index (χ0n) is 13.9. The Morgan fingerprint density at radius 2 is 1.58 bits per heavy atom. The van der Waals surface area contributed by atoms with Gasteiger partial charge in [0, 0.05) is 0 Å². The van der Waals surface area contributed by atoms with Gasteiger partial charge in [0.05, 0.1) is 0 Å². The van der Waals surface area contributed by atoms with Crippen LogP contribution in [0.5, 0.6) is 0 Å². The van der Waals surface area contributed by atoms with Crippen molar-refractivity contribution in [1.82, 2.24) is 5.32 Å². The van der Waals surface area contributed by atoms with Crippen molar-refractivity contribution in [3.8, 4) is 0 Å². The maximum absolute atomic E-state index is 3.72. The second kappa shape index (κ2) is 9.80. The molecular weight excluding hydrogens is 230 g/mol. The van der Waals surface area contributed by atoms with Crippen LogP contribution in [0, 0.1) is 23.7 Å². The lowest BCUT2D eigenvalue weighted by molar-refractivity contribution is 0.236. The standard InChI is InChI=1S/C18H37N/c1-5-16(6-2)12-17-10-8-7-9-11-18(17)14-19-13-15(3)4/h15-19H,5-14H2,1-4H3. The van der Waals surface area contributed by atoms with Gasteiger partial charge >= 0.3 is 0 Å². The Morgan fingerprint density at radius 3 is 2.16 bits per heavy atom. The highest BCUT2D eigenvalue weighted by Crippen LogP contribution is 2.34. The van der Waals surface area contributed by atoms with E-state index in [1.165, 1.54) is 64.5 Å². The Morgan fingerprint density at radius 1 is 0.947 bits per heavy atom. The minimum absolute atomic E-state index is 0.781. The molecule has 1 rings (SSSR count). The van der Waals surface area contributed by atoms with Gasteiger partial charge in [-0.25, -0.2) is 0 Å². The third-order valence-electron chi connectivity index (χ3n) is 5.07. The van der Waals surface area contributed by atoms with Crippen LogP contribution in [0.15, 0.2) is 0 Å². The molecular formula is C18H37N. The van der Waals surface area contributed by atoms with Crippen molar-refractivity contribution >= 4 is 0 Å². The highest BCUT2D eigenvalue weighted by molar-refractivity contribution is 4.78. The number of hydrogen-bond donors (Lipinski definition) is 1. The summed E-state index contributed by atoms with van der Waals surface area (Å²) < 4.78 is 0. The van der Waals surface area contributed by atoms with Crippen LogP contribution in [0.1, 0.15) is 79.1 Å². The fraction of sp³-hybridized carbons (Fsp3) is 1.00. The second-order valence-electron chi connectivity index (χ2n) is 7.13. The maximum Gasteiger partial charge on any atom is -0.00178 e. The Bertz CT molecular complexity index is 208. The molecule has 0 heterocycles. The van der Waals surface area contributed by atoms with Crippen LogP contribution in [0.4, 0.5) is 0 Å². The molecule has 2 atom stereocenters. The van der Waals surface area contributed by atoms with Gasteiger partial charge in [0.25, 0.3) is 0 Å². The van der Waals surface area contributed by atoms with Gasteiger partial charge in [-0.15, -0.1) is 0 Å². The van der Waals surface area contributed by atoms with E-state index in [2.05, 4.69) is 33.0 Å². The largest absolute Gasteiger partial charge is 0.316 e. The molecule has 0 aromatic carbocycles. The SMILES string of the molecule is CCC(CC)CC1CCCCCC1CNCC(C)C. The van der Waals surface area contributed by atoms with E-state index in [0.717, 1.165) is 23.7 Å².